The predicted molar refractivity (Wildman–Crippen MR) is 79.2 cm³/mol. The molecule has 0 aliphatic carbocycles. The van der Waals surface area contributed by atoms with Crippen molar-refractivity contribution < 1.29 is 21.6 Å². The fourth-order valence-corrected chi connectivity index (χ4v) is 3.23. The van der Waals surface area contributed by atoms with Crippen LogP contribution in [-0.2, 0) is 16.2 Å². The molecule has 0 bridgehead atoms. The number of halogens is 5. The number of aromatic nitrogens is 1. The highest BCUT2D eigenvalue weighted by Gasteiger charge is 2.34. The maximum Gasteiger partial charge on any atom is 0.418 e. The summed E-state index contributed by atoms with van der Waals surface area (Å²) in [5.74, 6) is 0. The molecular weight excluding hydrogens is 409 g/mol. The highest BCUT2D eigenvalue weighted by molar-refractivity contribution is 9.10. The number of para-hydroxylation sites is 1. The third kappa shape index (κ3) is 3.71. The van der Waals surface area contributed by atoms with Gasteiger partial charge in [-0.1, -0.05) is 23.7 Å². The van der Waals surface area contributed by atoms with Crippen LogP contribution in [0.3, 0.4) is 0 Å². The van der Waals surface area contributed by atoms with E-state index in [0.29, 0.717) is 0 Å². The molecule has 2 aromatic rings. The minimum Gasteiger partial charge on any atom is -0.279 e. The zero-order chi connectivity index (χ0) is 16.5. The summed E-state index contributed by atoms with van der Waals surface area (Å²) in [6, 6.07) is 5.42. The van der Waals surface area contributed by atoms with Crippen molar-refractivity contribution >= 4 is 43.2 Å². The van der Waals surface area contributed by atoms with Crippen molar-refractivity contribution in [1.82, 2.24) is 4.98 Å². The minimum atomic E-state index is -4.68. The van der Waals surface area contributed by atoms with Gasteiger partial charge < -0.3 is 0 Å². The molecule has 4 nitrogen and oxygen atoms in total. The molecule has 118 valence electrons. The van der Waals surface area contributed by atoms with Crippen LogP contribution >= 0.6 is 27.5 Å². The zero-order valence-electron chi connectivity index (χ0n) is 10.5. The van der Waals surface area contributed by atoms with Crippen LogP contribution in [0.25, 0.3) is 0 Å². The second-order valence-corrected chi connectivity index (χ2v) is 6.99. The molecule has 1 aromatic carbocycles. The number of anilines is 1. The van der Waals surface area contributed by atoms with Crippen LogP contribution in [0.5, 0.6) is 0 Å². The Morgan fingerprint density at radius 3 is 2.45 bits per heavy atom. The fraction of sp³-hybridized carbons (Fsp3) is 0.0833. The third-order valence-corrected chi connectivity index (χ3v) is 5.02. The van der Waals surface area contributed by atoms with E-state index >= 15 is 0 Å². The van der Waals surface area contributed by atoms with Crippen LogP contribution in [0.4, 0.5) is 18.9 Å². The van der Waals surface area contributed by atoms with E-state index in [1.54, 1.807) is 0 Å². The lowest BCUT2D eigenvalue weighted by Gasteiger charge is -2.14. The highest BCUT2D eigenvalue weighted by atomic mass is 79.9. The van der Waals surface area contributed by atoms with Crippen LogP contribution in [-0.4, -0.2) is 13.4 Å². The largest absolute Gasteiger partial charge is 0.418 e. The summed E-state index contributed by atoms with van der Waals surface area (Å²) >= 11 is 8.66. The lowest BCUT2D eigenvalue weighted by molar-refractivity contribution is -0.136. The molecule has 1 aromatic heterocycles. The van der Waals surface area contributed by atoms with E-state index in [4.69, 9.17) is 11.6 Å². The molecular formula is C12H7BrClF3N2O2S. The van der Waals surface area contributed by atoms with E-state index < -0.39 is 27.5 Å². The molecule has 0 radical (unpaired) electrons. The van der Waals surface area contributed by atoms with Gasteiger partial charge in [-0.25, -0.2) is 13.4 Å². The van der Waals surface area contributed by atoms with Crippen molar-refractivity contribution in [2.45, 2.75) is 11.1 Å². The lowest BCUT2D eigenvalue weighted by atomic mass is 10.2. The first-order valence-electron chi connectivity index (χ1n) is 5.61. The minimum absolute atomic E-state index is 0.0367. The van der Waals surface area contributed by atoms with Gasteiger partial charge in [0.1, 0.15) is 10.0 Å². The molecule has 22 heavy (non-hydrogen) atoms. The van der Waals surface area contributed by atoms with Gasteiger partial charge in [-0.15, -0.1) is 0 Å². The van der Waals surface area contributed by atoms with Crippen LogP contribution in [0, 0.1) is 0 Å². The van der Waals surface area contributed by atoms with E-state index in [0.717, 1.165) is 24.4 Å². The Hall–Kier alpha value is -1.32. The van der Waals surface area contributed by atoms with E-state index in [-0.39, 0.29) is 14.5 Å². The van der Waals surface area contributed by atoms with Gasteiger partial charge in [0, 0.05) is 6.20 Å². The molecule has 0 atom stereocenters. The number of nitrogens with zero attached hydrogens (tertiary/aromatic N) is 1. The van der Waals surface area contributed by atoms with Crippen molar-refractivity contribution in [3.05, 3.63) is 51.7 Å². The Kier molecular flexibility index (Phi) is 4.69. The van der Waals surface area contributed by atoms with Crippen LogP contribution < -0.4 is 4.72 Å². The third-order valence-electron chi connectivity index (χ3n) is 2.56. The highest BCUT2D eigenvalue weighted by Crippen LogP contribution is 2.35. The van der Waals surface area contributed by atoms with Gasteiger partial charge in [0.2, 0.25) is 0 Å². The Bertz CT molecular complexity index is 812. The maximum atomic E-state index is 12.9. The molecule has 0 amide bonds. The first kappa shape index (κ1) is 17.0. The van der Waals surface area contributed by atoms with E-state index in [2.05, 4.69) is 20.9 Å². The van der Waals surface area contributed by atoms with Gasteiger partial charge >= 0.3 is 6.18 Å². The Morgan fingerprint density at radius 2 is 1.86 bits per heavy atom. The second-order valence-electron chi connectivity index (χ2n) is 4.09. The predicted octanol–water partition coefficient (Wildman–Crippen LogP) is 4.32. The Morgan fingerprint density at radius 1 is 1.23 bits per heavy atom. The van der Waals surface area contributed by atoms with Crippen molar-refractivity contribution in [2.75, 3.05) is 4.72 Å². The molecule has 0 saturated carbocycles. The molecule has 10 heteroatoms. The molecule has 0 unspecified atom stereocenters. The summed E-state index contributed by atoms with van der Waals surface area (Å²) < 4.78 is 65.1. The first-order chi connectivity index (χ1) is 10.1. The van der Waals surface area contributed by atoms with Crippen molar-refractivity contribution in [2.24, 2.45) is 0 Å². The molecule has 0 saturated heterocycles. The molecule has 1 N–H and O–H groups in total. The number of hydrogen-bond acceptors (Lipinski definition) is 3. The zero-order valence-corrected chi connectivity index (χ0v) is 13.7. The van der Waals surface area contributed by atoms with Gasteiger partial charge in [0.05, 0.1) is 15.7 Å². The average Bonchev–Trinajstić information content (AvgIpc) is 2.40. The van der Waals surface area contributed by atoms with Gasteiger partial charge in [0.25, 0.3) is 10.0 Å². The summed E-state index contributed by atoms with van der Waals surface area (Å²) in [6.45, 7) is 0. The monoisotopic (exact) mass is 414 g/mol. The lowest BCUT2D eigenvalue weighted by Crippen LogP contribution is -2.17. The fourth-order valence-electron chi connectivity index (χ4n) is 1.57. The quantitative estimate of drug-likeness (QED) is 0.760. The van der Waals surface area contributed by atoms with Gasteiger partial charge in [-0.3, -0.25) is 4.72 Å². The van der Waals surface area contributed by atoms with Gasteiger partial charge in [0.15, 0.2) is 0 Å². The normalized spacial score (nSPS) is 12.2. The second kappa shape index (κ2) is 6.05. The molecule has 0 aliphatic heterocycles. The topological polar surface area (TPSA) is 59.1 Å². The summed E-state index contributed by atoms with van der Waals surface area (Å²) in [6.07, 6.45) is -3.73. The number of hydrogen-bond donors (Lipinski definition) is 1. The number of nitrogens with one attached hydrogen (secondary N) is 1. The number of alkyl halides is 3. The summed E-state index contributed by atoms with van der Waals surface area (Å²) in [5.41, 5.74) is -1.65. The Labute approximate surface area is 137 Å². The molecule has 0 aliphatic rings. The Balaban J connectivity index is 2.44. The summed E-state index contributed by atoms with van der Waals surface area (Å²) in [4.78, 5) is 3.32. The van der Waals surface area contributed by atoms with E-state index in [9.17, 15) is 21.6 Å². The average molecular weight is 416 g/mol. The first-order valence-corrected chi connectivity index (χ1v) is 8.27. The SMILES string of the molecule is O=S(=O)(Nc1ccccc1C(F)(F)F)c1cnc(Cl)c(Br)c1. The molecule has 1 heterocycles. The molecule has 0 fully saturated rings. The maximum absolute atomic E-state index is 12.9. The number of rotatable bonds is 3. The molecule has 2 rings (SSSR count). The summed E-state index contributed by atoms with van der Waals surface area (Å²) in [7, 11) is -4.24. The van der Waals surface area contributed by atoms with E-state index in [1.165, 1.54) is 12.1 Å². The van der Waals surface area contributed by atoms with Crippen molar-refractivity contribution in [1.29, 1.82) is 0 Å². The van der Waals surface area contributed by atoms with E-state index in [1.807, 2.05) is 4.72 Å². The van der Waals surface area contributed by atoms with Crippen molar-refractivity contribution in [3.8, 4) is 0 Å². The van der Waals surface area contributed by atoms with Crippen molar-refractivity contribution in [3.63, 3.8) is 0 Å². The summed E-state index contributed by atoms with van der Waals surface area (Å²) in [5, 5.41) is 0.0367. The van der Waals surface area contributed by atoms with Gasteiger partial charge in [-0.2, -0.15) is 13.2 Å². The standard InChI is InChI=1S/C12H7BrClF3N2O2S/c13-9-5-7(6-18-11(9)14)22(20,21)19-10-4-2-1-3-8(10)12(15,16)17/h1-6,19H. The van der Waals surface area contributed by atoms with Gasteiger partial charge in [-0.05, 0) is 34.1 Å². The van der Waals surface area contributed by atoms with Crippen LogP contribution in [0.2, 0.25) is 5.15 Å². The molecule has 0 spiro atoms. The van der Waals surface area contributed by atoms with Crippen LogP contribution in [0.1, 0.15) is 5.56 Å². The smallest absolute Gasteiger partial charge is 0.279 e. The number of pyridine rings is 1. The number of benzene rings is 1. The van der Waals surface area contributed by atoms with Crippen LogP contribution in [0.15, 0.2) is 45.9 Å². The number of sulfonamides is 1.